The van der Waals surface area contributed by atoms with Crippen molar-refractivity contribution in [2.45, 2.75) is 32.2 Å². The van der Waals surface area contributed by atoms with E-state index in [9.17, 15) is 0 Å². The van der Waals surface area contributed by atoms with Crippen LogP contribution in [0.25, 0.3) is 0 Å². The molecule has 2 heterocycles. The number of aryl methyl sites for hydroxylation is 1. The van der Waals surface area contributed by atoms with Crippen LogP contribution in [0.1, 0.15) is 24.5 Å². The zero-order valence-electron chi connectivity index (χ0n) is 12.5. The van der Waals surface area contributed by atoms with Gasteiger partial charge in [-0.05, 0) is 59.8 Å². The molecule has 1 aromatic carbocycles. The molecule has 21 heavy (non-hydrogen) atoms. The van der Waals surface area contributed by atoms with Gasteiger partial charge in [0.15, 0.2) is 0 Å². The SMILES string of the molecule is CCNC(CCc1ccsc1)C1COc2ccccc2C1. The molecule has 1 aromatic heterocycles. The Bertz CT molecular complexity index is 552. The van der Waals surface area contributed by atoms with E-state index in [0.29, 0.717) is 12.0 Å². The summed E-state index contributed by atoms with van der Waals surface area (Å²) in [6, 6.07) is 11.2. The number of hydrogen-bond acceptors (Lipinski definition) is 3. The lowest BCUT2D eigenvalue weighted by Gasteiger charge is -2.32. The van der Waals surface area contributed by atoms with Gasteiger partial charge in [0.2, 0.25) is 0 Å². The third-order valence-electron chi connectivity index (χ3n) is 4.27. The molecule has 0 spiro atoms. The van der Waals surface area contributed by atoms with Crippen molar-refractivity contribution in [1.29, 1.82) is 0 Å². The molecule has 0 saturated heterocycles. The fourth-order valence-electron chi connectivity index (χ4n) is 3.13. The first kappa shape index (κ1) is 14.6. The fraction of sp³-hybridized carbons (Fsp3) is 0.444. The standard InChI is InChI=1S/C18H23NOS/c1-2-19-17(8-7-14-9-10-21-13-14)16-11-15-5-3-4-6-18(15)20-12-16/h3-6,9-10,13,16-17,19H,2,7-8,11-12H2,1H3. The highest BCUT2D eigenvalue weighted by Gasteiger charge is 2.26. The Morgan fingerprint density at radius 3 is 3.05 bits per heavy atom. The summed E-state index contributed by atoms with van der Waals surface area (Å²) in [4.78, 5) is 0. The maximum atomic E-state index is 5.96. The van der Waals surface area contributed by atoms with Gasteiger partial charge < -0.3 is 10.1 Å². The highest BCUT2D eigenvalue weighted by molar-refractivity contribution is 7.07. The number of rotatable bonds is 6. The minimum Gasteiger partial charge on any atom is -0.493 e. The Kier molecular flexibility index (Phi) is 4.94. The molecule has 112 valence electrons. The summed E-state index contributed by atoms with van der Waals surface area (Å²) in [5, 5.41) is 8.09. The monoisotopic (exact) mass is 301 g/mol. The Morgan fingerprint density at radius 2 is 2.24 bits per heavy atom. The van der Waals surface area contributed by atoms with Crippen molar-refractivity contribution < 1.29 is 4.74 Å². The minimum atomic E-state index is 0.531. The summed E-state index contributed by atoms with van der Waals surface area (Å²) in [7, 11) is 0. The van der Waals surface area contributed by atoms with Crippen LogP contribution in [0.4, 0.5) is 0 Å². The number of para-hydroxylation sites is 1. The normalized spacial score (nSPS) is 18.8. The van der Waals surface area contributed by atoms with E-state index in [2.05, 4.69) is 53.3 Å². The summed E-state index contributed by atoms with van der Waals surface area (Å²) < 4.78 is 5.96. The van der Waals surface area contributed by atoms with E-state index in [-0.39, 0.29) is 0 Å². The van der Waals surface area contributed by atoms with Crippen molar-refractivity contribution in [2.24, 2.45) is 5.92 Å². The van der Waals surface area contributed by atoms with Crippen LogP contribution in [-0.4, -0.2) is 19.2 Å². The fourth-order valence-corrected chi connectivity index (χ4v) is 3.84. The number of ether oxygens (including phenoxy) is 1. The number of fused-ring (bicyclic) bond motifs is 1. The van der Waals surface area contributed by atoms with Crippen molar-refractivity contribution in [3.8, 4) is 5.75 Å². The maximum absolute atomic E-state index is 5.96. The van der Waals surface area contributed by atoms with Gasteiger partial charge in [0.1, 0.15) is 5.75 Å². The van der Waals surface area contributed by atoms with Crippen LogP contribution >= 0.6 is 11.3 Å². The predicted octanol–water partition coefficient (Wildman–Crippen LogP) is 3.91. The van der Waals surface area contributed by atoms with Crippen molar-refractivity contribution in [1.82, 2.24) is 5.32 Å². The first-order chi connectivity index (χ1) is 10.4. The Morgan fingerprint density at radius 1 is 1.33 bits per heavy atom. The summed E-state index contributed by atoms with van der Waals surface area (Å²) in [6.07, 6.45) is 3.46. The quantitative estimate of drug-likeness (QED) is 0.873. The second-order valence-electron chi connectivity index (χ2n) is 5.72. The van der Waals surface area contributed by atoms with E-state index in [1.807, 2.05) is 0 Å². The lowest BCUT2D eigenvalue weighted by atomic mass is 9.87. The predicted molar refractivity (Wildman–Crippen MR) is 89.2 cm³/mol. The molecule has 3 heteroatoms. The molecular formula is C18H23NOS. The molecule has 1 aliphatic heterocycles. The van der Waals surface area contributed by atoms with Crippen molar-refractivity contribution >= 4 is 11.3 Å². The van der Waals surface area contributed by atoms with Crippen LogP contribution < -0.4 is 10.1 Å². The van der Waals surface area contributed by atoms with E-state index in [0.717, 1.165) is 31.7 Å². The van der Waals surface area contributed by atoms with Gasteiger partial charge in [-0.25, -0.2) is 0 Å². The van der Waals surface area contributed by atoms with E-state index in [1.54, 1.807) is 11.3 Å². The molecule has 1 aliphatic rings. The maximum Gasteiger partial charge on any atom is 0.122 e. The Balaban J connectivity index is 1.64. The largest absolute Gasteiger partial charge is 0.493 e. The van der Waals surface area contributed by atoms with Crippen LogP contribution in [-0.2, 0) is 12.8 Å². The summed E-state index contributed by atoms with van der Waals surface area (Å²) in [6.45, 7) is 4.04. The number of thiophene rings is 1. The smallest absolute Gasteiger partial charge is 0.122 e. The second kappa shape index (κ2) is 7.10. The topological polar surface area (TPSA) is 21.3 Å². The molecule has 0 saturated carbocycles. The van der Waals surface area contributed by atoms with Gasteiger partial charge in [-0.3, -0.25) is 0 Å². The molecule has 2 unspecified atom stereocenters. The minimum absolute atomic E-state index is 0.531. The molecular weight excluding hydrogens is 278 g/mol. The van der Waals surface area contributed by atoms with Gasteiger partial charge >= 0.3 is 0 Å². The molecule has 0 fully saturated rings. The molecule has 2 aromatic rings. The van der Waals surface area contributed by atoms with Gasteiger partial charge in [-0.1, -0.05) is 25.1 Å². The van der Waals surface area contributed by atoms with Gasteiger partial charge in [-0.2, -0.15) is 11.3 Å². The van der Waals surface area contributed by atoms with Gasteiger partial charge in [0.05, 0.1) is 6.61 Å². The zero-order chi connectivity index (χ0) is 14.5. The molecule has 2 atom stereocenters. The molecule has 3 rings (SSSR count). The molecule has 0 radical (unpaired) electrons. The lowest BCUT2D eigenvalue weighted by Crippen LogP contribution is -2.42. The Labute approximate surface area is 131 Å². The highest BCUT2D eigenvalue weighted by Crippen LogP contribution is 2.29. The second-order valence-corrected chi connectivity index (χ2v) is 6.50. The zero-order valence-corrected chi connectivity index (χ0v) is 13.4. The summed E-state index contributed by atoms with van der Waals surface area (Å²) >= 11 is 1.79. The lowest BCUT2D eigenvalue weighted by molar-refractivity contribution is 0.180. The molecule has 2 nitrogen and oxygen atoms in total. The third-order valence-corrected chi connectivity index (χ3v) is 5.00. The van der Waals surface area contributed by atoms with E-state index in [4.69, 9.17) is 4.74 Å². The molecule has 1 N–H and O–H groups in total. The van der Waals surface area contributed by atoms with Crippen LogP contribution in [0.5, 0.6) is 5.75 Å². The molecule has 0 bridgehead atoms. The van der Waals surface area contributed by atoms with E-state index < -0.39 is 0 Å². The van der Waals surface area contributed by atoms with Crippen LogP contribution in [0.3, 0.4) is 0 Å². The average molecular weight is 301 g/mol. The Hall–Kier alpha value is -1.32. The number of hydrogen-bond donors (Lipinski definition) is 1. The first-order valence-electron chi connectivity index (χ1n) is 7.82. The van der Waals surface area contributed by atoms with Crippen molar-refractivity contribution in [3.05, 3.63) is 52.2 Å². The molecule has 0 aliphatic carbocycles. The van der Waals surface area contributed by atoms with Gasteiger partial charge in [-0.15, -0.1) is 0 Å². The summed E-state index contributed by atoms with van der Waals surface area (Å²) in [5.41, 5.74) is 2.81. The van der Waals surface area contributed by atoms with E-state index in [1.165, 1.54) is 17.5 Å². The highest BCUT2D eigenvalue weighted by atomic mass is 32.1. The van der Waals surface area contributed by atoms with Crippen LogP contribution in [0, 0.1) is 5.92 Å². The van der Waals surface area contributed by atoms with E-state index >= 15 is 0 Å². The first-order valence-corrected chi connectivity index (χ1v) is 8.76. The van der Waals surface area contributed by atoms with Crippen molar-refractivity contribution in [2.75, 3.05) is 13.2 Å². The number of nitrogens with one attached hydrogen (secondary N) is 1. The number of benzene rings is 1. The van der Waals surface area contributed by atoms with Crippen molar-refractivity contribution in [3.63, 3.8) is 0 Å². The average Bonchev–Trinajstić information content (AvgIpc) is 3.04. The molecule has 0 amide bonds. The van der Waals surface area contributed by atoms with Gasteiger partial charge in [0.25, 0.3) is 0 Å². The summed E-state index contributed by atoms with van der Waals surface area (Å²) in [5.74, 6) is 1.64. The van der Waals surface area contributed by atoms with Gasteiger partial charge in [0, 0.05) is 12.0 Å². The third kappa shape index (κ3) is 3.66. The van der Waals surface area contributed by atoms with Crippen LogP contribution in [0.15, 0.2) is 41.1 Å². The van der Waals surface area contributed by atoms with Crippen LogP contribution in [0.2, 0.25) is 0 Å².